The van der Waals surface area contributed by atoms with Crippen molar-refractivity contribution in [2.24, 2.45) is 0 Å². The maximum Gasteiger partial charge on any atom is 0.272 e. The normalized spacial score (nSPS) is 10.3. The molecule has 0 radical (unpaired) electrons. The number of rotatable bonds is 7. The number of nitrogens with one attached hydrogen (secondary N) is 1. The number of hydrogen-bond acceptors (Lipinski definition) is 6. The molecule has 3 aromatic heterocycles. The molecule has 3 aromatic rings. The lowest BCUT2D eigenvalue weighted by atomic mass is 10.2. The number of anilines is 1. The van der Waals surface area contributed by atoms with E-state index in [1.165, 1.54) is 5.56 Å². The summed E-state index contributed by atoms with van der Waals surface area (Å²) in [5.74, 6) is 0.453. The number of amides is 1. The van der Waals surface area contributed by atoms with E-state index in [0.29, 0.717) is 6.54 Å². The molecular weight excluding hydrogens is 328 g/mol. The second-order valence-electron chi connectivity index (χ2n) is 5.81. The maximum absolute atomic E-state index is 12.1. The predicted molar refractivity (Wildman–Crippen MR) is 98.7 cm³/mol. The van der Waals surface area contributed by atoms with Crippen molar-refractivity contribution in [1.82, 2.24) is 25.5 Å². The Hall–Kier alpha value is -3.35. The average Bonchev–Trinajstić information content (AvgIpc) is 2.72. The summed E-state index contributed by atoms with van der Waals surface area (Å²) < 4.78 is 0. The zero-order valence-corrected chi connectivity index (χ0v) is 14.5. The summed E-state index contributed by atoms with van der Waals surface area (Å²) in [5.41, 5.74) is 2.29. The molecule has 7 nitrogen and oxygen atoms in total. The third-order valence-electron chi connectivity index (χ3n) is 3.92. The summed E-state index contributed by atoms with van der Waals surface area (Å²) in [6, 6.07) is 13.0. The second-order valence-corrected chi connectivity index (χ2v) is 5.81. The fourth-order valence-electron chi connectivity index (χ4n) is 2.37. The minimum Gasteiger partial charge on any atom is -0.358 e. The van der Waals surface area contributed by atoms with Crippen LogP contribution in [0, 0.1) is 0 Å². The van der Waals surface area contributed by atoms with Gasteiger partial charge in [0, 0.05) is 32.2 Å². The van der Waals surface area contributed by atoms with E-state index in [-0.39, 0.29) is 11.6 Å². The molecule has 0 aromatic carbocycles. The van der Waals surface area contributed by atoms with Gasteiger partial charge in [0.2, 0.25) is 0 Å². The lowest BCUT2D eigenvalue weighted by molar-refractivity contribution is 0.0944. The molecule has 0 saturated heterocycles. The van der Waals surface area contributed by atoms with Crippen LogP contribution in [0.3, 0.4) is 0 Å². The lowest BCUT2D eigenvalue weighted by Crippen LogP contribution is -2.26. The van der Waals surface area contributed by atoms with Crippen LogP contribution in [0.2, 0.25) is 0 Å². The molecule has 3 rings (SSSR count). The number of hydrogen-bond donors (Lipinski definition) is 1. The van der Waals surface area contributed by atoms with Gasteiger partial charge in [-0.3, -0.25) is 14.8 Å². The van der Waals surface area contributed by atoms with Crippen molar-refractivity contribution in [3.05, 3.63) is 78.0 Å². The van der Waals surface area contributed by atoms with Crippen LogP contribution in [-0.4, -0.2) is 39.7 Å². The molecule has 0 bridgehead atoms. The first kappa shape index (κ1) is 17.5. The number of nitrogens with zero attached hydrogens (tertiary/aromatic N) is 5. The molecule has 0 saturated carbocycles. The first-order valence-electron chi connectivity index (χ1n) is 8.34. The summed E-state index contributed by atoms with van der Waals surface area (Å²) in [7, 11) is 1.95. The molecule has 0 aliphatic heterocycles. The Balaban J connectivity index is 1.53. The smallest absolute Gasteiger partial charge is 0.272 e. The van der Waals surface area contributed by atoms with Crippen LogP contribution < -0.4 is 10.2 Å². The maximum atomic E-state index is 12.1. The SMILES string of the molecule is CN(CCc1ccncc1)c1ccc(C(=O)NCc2ccccn2)nn1. The average molecular weight is 348 g/mol. The molecule has 0 fully saturated rings. The number of carbonyl (C=O) groups is 1. The highest BCUT2D eigenvalue weighted by Crippen LogP contribution is 2.09. The highest BCUT2D eigenvalue weighted by molar-refractivity contribution is 5.92. The lowest BCUT2D eigenvalue weighted by Gasteiger charge is -2.17. The van der Waals surface area contributed by atoms with Crippen molar-refractivity contribution in [3.63, 3.8) is 0 Å². The van der Waals surface area contributed by atoms with E-state index >= 15 is 0 Å². The van der Waals surface area contributed by atoms with Crippen molar-refractivity contribution < 1.29 is 4.79 Å². The van der Waals surface area contributed by atoms with Gasteiger partial charge in [-0.15, -0.1) is 10.2 Å². The van der Waals surface area contributed by atoms with Gasteiger partial charge in [-0.05, 0) is 48.4 Å². The van der Waals surface area contributed by atoms with Crippen molar-refractivity contribution >= 4 is 11.7 Å². The summed E-state index contributed by atoms with van der Waals surface area (Å²) in [5, 5.41) is 11.0. The van der Waals surface area contributed by atoms with E-state index in [1.54, 1.807) is 30.7 Å². The van der Waals surface area contributed by atoms with Crippen molar-refractivity contribution in [2.45, 2.75) is 13.0 Å². The van der Waals surface area contributed by atoms with Gasteiger partial charge < -0.3 is 10.2 Å². The van der Waals surface area contributed by atoms with Gasteiger partial charge in [0.25, 0.3) is 5.91 Å². The molecule has 0 atom stereocenters. The van der Waals surface area contributed by atoms with E-state index in [9.17, 15) is 4.79 Å². The Labute approximate surface area is 152 Å². The fraction of sp³-hybridized carbons (Fsp3) is 0.211. The third kappa shape index (κ3) is 4.83. The van der Waals surface area contributed by atoms with Crippen LogP contribution in [0.5, 0.6) is 0 Å². The van der Waals surface area contributed by atoms with E-state index in [0.717, 1.165) is 24.5 Å². The quantitative estimate of drug-likeness (QED) is 0.702. The van der Waals surface area contributed by atoms with Crippen LogP contribution in [0.4, 0.5) is 5.82 Å². The monoisotopic (exact) mass is 348 g/mol. The standard InChI is InChI=1S/C19H20N6O/c1-25(13-9-15-7-11-20-12-8-15)18-6-5-17(23-24-18)19(26)22-14-16-4-2-3-10-21-16/h2-8,10-12H,9,13-14H2,1H3,(H,22,26). The highest BCUT2D eigenvalue weighted by atomic mass is 16.1. The first-order valence-corrected chi connectivity index (χ1v) is 8.34. The van der Waals surface area contributed by atoms with Crippen molar-refractivity contribution in [2.75, 3.05) is 18.5 Å². The Morgan fingerprint density at radius 2 is 1.88 bits per heavy atom. The topological polar surface area (TPSA) is 83.9 Å². The third-order valence-corrected chi connectivity index (χ3v) is 3.92. The first-order chi connectivity index (χ1) is 12.7. The molecule has 1 N–H and O–H groups in total. The van der Waals surface area contributed by atoms with Gasteiger partial charge in [0.15, 0.2) is 11.5 Å². The van der Waals surface area contributed by atoms with Gasteiger partial charge in [-0.1, -0.05) is 6.07 Å². The molecule has 7 heteroatoms. The van der Waals surface area contributed by atoms with Crippen LogP contribution in [0.25, 0.3) is 0 Å². The molecule has 132 valence electrons. The van der Waals surface area contributed by atoms with Crippen molar-refractivity contribution in [3.8, 4) is 0 Å². The van der Waals surface area contributed by atoms with Gasteiger partial charge in [0.05, 0.1) is 12.2 Å². The second kappa shape index (κ2) is 8.66. The molecule has 0 spiro atoms. The summed E-state index contributed by atoms with van der Waals surface area (Å²) in [6.07, 6.45) is 6.14. The van der Waals surface area contributed by atoms with Gasteiger partial charge in [0.1, 0.15) is 0 Å². The van der Waals surface area contributed by atoms with Gasteiger partial charge >= 0.3 is 0 Å². The molecule has 0 unspecified atom stereocenters. The Kier molecular flexibility index (Phi) is 5.82. The summed E-state index contributed by atoms with van der Waals surface area (Å²) >= 11 is 0. The number of pyridine rings is 2. The van der Waals surface area contributed by atoms with E-state index < -0.39 is 0 Å². The van der Waals surface area contributed by atoms with Crippen LogP contribution in [-0.2, 0) is 13.0 Å². The van der Waals surface area contributed by atoms with Crippen LogP contribution >= 0.6 is 0 Å². The largest absolute Gasteiger partial charge is 0.358 e. The number of aromatic nitrogens is 4. The predicted octanol–water partition coefficient (Wildman–Crippen LogP) is 1.88. The number of carbonyl (C=O) groups excluding carboxylic acids is 1. The Bertz CT molecular complexity index is 824. The molecule has 1 amide bonds. The molecule has 26 heavy (non-hydrogen) atoms. The highest BCUT2D eigenvalue weighted by Gasteiger charge is 2.10. The minimum absolute atomic E-state index is 0.269. The van der Waals surface area contributed by atoms with E-state index in [4.69, 9.17) is 0 Å². The van der Waals surface area contributed by atoms with E-state index in [1.807, 2.05) is 42.3 Å². The molecular formula is C19H20N6O. The Morgan fingerprint density at radius 3 is 2.58 bits per heavy atom. The summed E-state index contributed by atoms with van der Waals surface area (Å²) in [4.78, 5) is 22.3. The van der Waals surface area contributed by atoms with Crippen molar-refractivity contribution in [1.29, 1.82) is 0 Å². The zero-order valence-electron chi connectivity index (χ0n) is 14.5. The minimum atomic E-state index is -0.269. The molecule has 0 aliphatic carbocycles. The summed E-state index contributed by atoms with van der Waals surface area (Å²) in [6.45, 7) is 1.15. The van der Waals surface area contributed by atoms with E-state index in [2.05, 4.69) is 25.5 Å². The molecule has 3 heterocycles. The molecule has 0 aliphatic rings. The zero-order chi connectivity index (χ0) is 18.2. The Morgan fingerprint density at radius 1 is 1.04 bits per heavy atom. The van der Waals surface area contributed by atoms with Crippen LogP contribution in [0.1, 0.15) is 21.7 Å². The van der Waals surface area contributed by atoms with Gasteiger partial charge in [-0.25, -0.2) is 0 Å². The number of likely N-dealkylation sites (N-methyl/N-ethyl adjacent to an activating group) is 1. The van der Waals surface area contributed by atoms with Crippen LogP contribution in [0.15, 0.2) is 61.1 Å². The fourth-order valence-corrected chi connectivity index (χ4v) is 2.37. The van der Waals surface area contributed by atoms with Gasteiger partial charge in [-0.2, -0.15) is 0 Å².